The quantitative estimate of drug-likeness (QED) is 0.817. The molecule has 1 heterocycles. The van der Waals surface area contributed by atoms with E-state index in [-0.39, 0.29) is 17.9 Å². The zero-order valence-electron chi connectivity index (χ0n) is 11.1. The van der Waals surface area contributed by atoms with Gasteiger partial charge in [0.2, 0.25) is 0 Å². The Hall–Kier alpha value is -0.410. The van der Waals surface area contributed by atoms with Crippen molar-refractivity contribution in [2.45, 2.75) is 52.0 Å². The third-order valence-electron chi connectivity index (χ3n) is 4.57. The maximum atomic E-state index is 12.2. The highest BCUT2D eigenvalue weighted by molar-refractivity contribution is 5.88. The number of carbonyl (C=O) groups excluding carboxylic acids is 1. The van der Waals surface area contributed by atoms with Crippen molar-refractivity contribution in [3.05, 3.63) is 0 Å². The maximum absolute atomic E-state index is 12.2. The van der Waals surface area contributed by atoms with E-state index in [0.29, 0.717) is 11.8 Å². The molecule has 2 fully saturated rings. The van der Waals surface area contributed by atoms with Gasteiger partial charge >= 0.3 is 0 Å². The van der Waals surface area contributed by atoms with Crippen LogP contribution in [0.15, 0.2) is 0 Å². The van der Waals surface area contributed by atoms with Crippen molar-refractivity contribution in [1.29, 1.82) is 0 Å². The van der Waals surface area contributed by atoms with E-state index >= 15 is 0 Å². The second kappa shape index (κ2) is 5.07. The lowest BCUT2D eigenvalue weighted by atomic mass is 9.88. The number of likely N-dealkylation sites (tertiary alicyclic amines) is 1. The van der Waals surface area contributed by atoms with Crippen LogP contribution in [0.3, 0.4) is 0 Å². The van der Waals surface area contributed by atoms with E-state index in [1.54, 1.807) is 0 Å². The molecule has 2 rings (SSSR count). The molecular weight excluding hydrogens is 214 g/mol. The van der Waals surface area contributed by atoms with Gasteiger partial charge in [-0.15, -0.1) is 0 Å². The highest BCUT2D eigenvalue weighted by Crippen LogP contribution is 2.38. The first-order valence-corrected chi connectivity index (χ1v) is 6.94. The van der Waals surface area contributed by atoms with Gasteiger partial charge in [0.25, 0.3) is 0 Å². The maximum Gasteiger partial charge on any atom is 0.142 e. The molecule has 98 valence electrons. The molecule has 17 heavy (non-hydrogen) atoms. The number of nitrogens with zero attached hydrogens (tertiary/aromatic N) is 1. The highest BCUT2D eigenvalue weighted by atomic mass is 16.3. The lowest BCUT2D eigenvalue weighted by Crippen LogP contribution is -2.45. The first-order chi connectivity index (χ1) is 8.04. The number of hydrogen-bond donors (Lipinski definition) is 1. The van der Waals surface area contributed by atoms with E-state index in [0.717, 1.165) is 32.4 Å². The summed E-state index contributed by atoms with van der Waals surface area (Å²) in [5, 5.41) is 9.38. The topological polar surface area (TPSA) is 40.5 Å². The summed E-state index contributed by atoms with van der Waals surface area (Å²) in [5.74, 6) is 0.636. The van der Waals surface area contributed by atoms with Crippen LogP contribution in [0.4, 0.5) is 0 Å². The Morgan fingerprint density at radius 2 is 2.12 bits per heavy atom. The fraction of sp³-hybridized carbons (Fsp3) is 0.929. The molecule has 2 unspecified atom stereocenters. The Morgan fingerprint density at radius 3 is 2.71 bits per heavy atom. The third-order valence-corrected chi connectivity index (χ3v) is 4.57. The molecule has 0 aromatic carbocycles. The van der Waals surface area contributed by atoms with Crippen molar-refractivity contribution in [3.8, 4) is 0 Å². The number of aliphatic hydroxyl groups excluding tert-OH is 1. The minimum absolute atomic E-state index is 0.116. The molecule has 0 aromatic heterocycles. The Bertz CT molecular complexity index is 288. The number of carbonyl (C=O) groups is 1. The van der Waals surface area contributed by atoms with Gasteiger partial charge in [-0.3, -0.25) is 9.69 Å². The molecule has 3 nitrogen and oxygen atoms in total. The minimum atomic E-state index is -0.116. The van der Waals surface area contributed by atoms with E-state index < -0.39 is 0 Å². The molecule has 2 aliphatic rings. The van der Waals surface area contributed by atoms with Gasteiger partial charge in [0.05, 0.1) is 6.61 Å². The van der Waals surface area contributed by atoms with Crippen LogP contribution in [0.5, 0.6) is 0 Å². The zero-order valence-corrected chi connectivity index (χ0v) is 11.1. The van der Waals surface area contributed by atoms with Crippen molar-refractivity contribution in [2.24, 2.45) is 11.3 Å². The van der Waals surface area contributed by atoms with Crippen molar-refractivity contribution < 1.29 is 9.90 Å². The van der Waals surface area contributed by atoms with Gasteiger partial charge in [0.15, 0.2) is 0 Å². The van der Waals surface area contributed by atoms with Crippen molar-refractivity contribution in [2.75, 3.05) is 19.7 Å². The minimum Gasteiger partial charge on any atom is -0.395 e. The lowest BCUT2D eigenvalue weighted by molar-refractivity contribution is -0.128. The summed E-state index contributed by atoms with van der Waals surface area (Å²) in [6, 6.07) is 0.292. The zero-order chi connectivity index (χ0) is 12.5. The summed E-state index contributed by atoms with van der Waals surface area (Å²) in [6.45, 7) is 6.29. The molecule has 1 aliphatic heterocycles. The number of hydrogen-bond acceptors (Lipinski definition) is 3. The molecule has 1 N–H and O–H groups in total. The average molecular weight is 239 g/mol. The predicted octanol–water partition coefficient (Wildman–Crippen LogP) is 1.84. The van der Waals surface area contributed by atoms with Crippen molar-refractivity contribution in [3.63, 3.8) is 0 Å². The second-order valence-corrected chi connectivity index (χ2v) is 6.31. The Kier molecular flexibility index (Phi) is 3.88. The predicted molar refractivity (Wildman–Crippen MR) is 67.8 cm³/mol. The molecule has 1 aliphatic carbocycles. The van der Waals surface area contributed by atoms with Gasteiger partial charge in [-0.2, -0.15) is 0 Å². The lowest BCUT2D eigenvalue weighted by Gasteiger charge is -2.36. The van der Waals surface area contributed by atoms with Gasteiger partial charge in [-0.05, 0) is 32.2 Å². The monoisotopic (exact) mass is 239 g/mol. The molecule has 0 amide bonds. The molecule has 0 bridgehead atoms. The highest BCUT2D eigenvalue weighted by Gasteiger charge is 2.41. The molecule has 3 heteroatoms. The summed E-state index contributed by atoms with van der Waals surface area (Å²) >= 11 is 0. The van der Waals surface area contributed by atoms with E-state index in [1.807, 2.05) is 0 Å². The van der Waals surface area contributed by atoms with Crippen LogP contribution in [0.25, 0.3) is 0 Å². The van der Waals surface area contributed by atoms with Crippen LogP contribution in [-0.4, -0.2) is 41.5 Å². The summed E-state index contributed by atoms with van der Waals surface area (Å²) in [4.78, 5) is 14.5. The van der Waals surface area contributed by atoms with Crippen molar-refractivity contribution >= 4 is 5.78 Å². The van der Waals surface area contributed by atoms with Crippen LogP contribution < -0.4 is 0 Å². The van der Waals surface area contributed by atoms with Gasteiger partial charge in [0, 0.05) is 23.9 Å². The summed E-state index contributed by atoms with van der Waals surface area (Å²) in [7, 11) is 0. The Balaban J connectivity index is 1.94. The number of Topliss-reactive ketones (excluding diaryl/α,β-unsaturated/α-hetero) is 1. The number of piperidine rings is 1. The first-order valence-electron chi connectivity index (χ1n) is 6.94. The normalized spacial score (nSPS) is 34.2. The molecular formula is C14H25NO2. The standard InChI is InChI=1S/C14H25NO2/c1-14(2)7-6-11(13(14)17)9-15-8-4-3-5-12(15)10-16/h11-12,16H,3-10H2,1-2H3. The molecule has 0 radical (unpaired) electrons. The molecule has 1 saturated heterocycles. The molecule has 0 spiro atoms. The summed E-state index contributed by atoms with van der Waals surface area (Å²) < 4.78 is 0. The van der Waals surface area contributed by atoms with Gasteiger partial charge in [-0.25, -0.2) is 0 Å². The van der Waals surface area contributed by atoms with Gasteiger partial charge in [0.1, 0.15) is 5.78 Å². The number of ketones is 1. The van der Waals surface area contributed by atoms with Crippen LogP contribution >= 0.6 is 0 Å². The van der Waals surface area contributed by atoms with E-state index in [4.69, 9.17) is 0 Å². The Labute approximate surface area is 104 Å². The summed E-state index contributed by atoms with van der Waals surface area (Å²) in [5.41, 5.74) is -0.116. The van der Waals surface area contributed by atoms with Crippen molar-refractivity contribution in [1.82, 2.24) is 4.90 Å². The molecule has 2 atom stereocenters. The smallest absolute Gasteiger partial charge is 0.142 e. The van der Waals surface area contributed by atoms with Gasteiger partial charge < -0.3 is 5.11 Å². The fourth-order valence-corrected chi connectivity index (χ4v) is 3.31. The number of aliphatic hydroxyl groups is 1. The SMILES string of the molecule is CC1(C)CCC(CN2CCCCC2CO)C1=O. The van der Waals surface area contributed by atoms with E-state index in [2.05, 4.69) is 18.7 Å². The van der Waals surface area contributed by atoms with Gasteiger partial charge in [-0.1, -0.05) is 20.3 Å². The summed E-state index contributed by atoms with van der Waals surface area (Å²) in [6.07, 6.45) is 5.56. The van der Waals surface area contributed by atoms with Crippen LogP contribution in [0.2, 0.25) is 0 Å². The first kappa shape index (κ1) is 13.0. The van der Waals surface area contributed by atoms with Crippen LogP contribution in [0, 0.1) is 11.3 Å². The fourth-order valence-electron chi connectivity index (χ4n) is 3.31. The molecule has 1 saturated carbocycles. The third kappa shape index (κ3) is 2.71. The molecule has 0 aromatic rings. The van der Waals surface area contributed by atoms with Crippen LogP contribution in [-0.2, 0) is 4.79 Å². The second-order valence-electron chi connectivity index (χ2n) is 6.31. The Morgan fingerprint density at radius 1 is 1.35 bits per heavy atom. The number of rotatable bonds is 3. The van der Waals surface area contributed by atoms with Crippen LogP contribution in [0.1, 0.15) is 46.0 Å². The average Bonchev–Trinajstić information content (AvgIpc) is 2.57. The van der Waals surface area contributed by atoms with E-state index in [1.165, 1.54) is 12.8 Å². The largest absolute Gasteiger partial charge is 0.395 e. The van der Waals surface area contributed by atoms with E-state index in [9.17, 15) is 9.90 Å².